The molecule has 2 heterocycles. The first kappa shape index (κ1) is 19.3. The Morgan fingerprint density at radius 1 is 1.13 bits per heavy atom. The number of esters is 1. The largest absolute Gasteiger partial charge is 0.449 e. The molecule has 0 amide bonds. The van der Waals surface area contributed by atoms with Gasteiger partial charge in [-0.05, 0) is 18.6 Å². The van der Waals surface area contributed by atoms with E-state index in [9.17, 15) is 4.79 Å². The zero-order chi connectivity index (χ0) is 20.8. The average Bonchev–Trinajstić information content (AvgIpc) is 3.44. The van der Waals surface area contributed by atoms with Gasteiger partial charge in [-0.15, -0.1) is 5.10 Å². The van der Waals surface area contributed by atoms with Crippen LogP contribution in [0.25, 0.3) is 17.5 Å². The van der Waals surface area contributed by atoms with Crippen LogP contribution in [0.5, 0.6) is 0 Å². The number of ether oxygens (including phenoxy) is 1. The maximum atomic E-state index is 12.1. The van der Waals surface area contributed by atoms with Gasteiger partial charge in [0.1, 0.15) is 5.69 Å². The molecule has 0 fully saturated rings. The van der Waals surface area contributed by atoms with Gasteiger partial charge in [0, 0.05) is 11.6 Å². The van der Waals surface area contributed by atoms with Crippen LogP contribution in [0.2, 0.25) is 0 Å². The molecule has 4 aromatic rings. The predicted octanol–water partition coefficient (Wildman–Crippen LogP) is 3.69. The van der Waals surface area contributed by atoms with Gasteiger partial charge in [0.25, 0.3) is 5.89 Å². The lowest BCUT2D eigenvalue weighted by Crippen LogP contribution is -2.06. The summed E-state index contributed by atoms with van der Waals surface area (Å²) in [5, 5.41) is 12.0. The number of rotatable bonds is 7. The Hall–Kier alpha value is -4.07. The highest BCUT2D eigenvalue weighted by molar-refractivity contribution is 5.86. The molecule has 0 saturated carbocycles. The average molecular weight is 401 g/mol. The lowest BCUT2D eigenvalue weighted by molar-refractivity contribution is -0.143. The molecule has 0 aliphatic carbocycles. The molecule has 0 radical (unpaired) electrons. The van der Waals surface area contributed by atoms with Crippen LogP contribution in [0.1, 0.15) is 30.2 Å². The number of carbonyl (C=O) groups is 1. The molecule has 30 heavy (non-hydrogen) atoms. The van der Waals surface area contributed by atoms with Crippen LogP contribution in [-0.4, -0.2) is 31.1 Å². The molecule has 0 aliphatic rings. The Bertz CT molecular complexity index is 1140. The number of hydrogen-bond donors (Lipinski definition) is 0. The zero-order valence-corrected chi connectivity index (χ0v) is 16.3. The van der Waals surface area contributed by atoms with Crippen molar-refractivity contribution in [2.24, 2.45) is 0 Å². The van der Waals surface area contributed by atoms with Gasteiger partial charge in [0.2, 0.25) is 5.82 Å². The summed E-state index contributed by atoms with van der Waals surface area (Å²) in [7, 11) is 0. The molecule has 8 nitrogen and oxygen atoms in total. The Morgan fingerprint density at radius 3 is 2.63 bits per heavy atom. The highest BCUT2D eigenvalue weighted by atomic mass is 16.6. The minimum atomic E-state index is -0.680. The van der Waals surface area contributed by atoms with E-state index in [1.807, 2.05) is 60.7 Å². The fraction of sp³-hybridized carbons (Fsp3) is 0.136. The minimum absolute atomic E-state index is 0.226. The van der Waals surface area contributed by atoms with Gasteiger partial charge in [-0.25, -0.2) is 9.48 Å². The van der Waals surface area contributed by atoms with Gasteiger partial charge in [-0.1, -0.05) is 71.0 Å². The second kappa shape index (κ2) is 8.95. The molecule has 2 aromatic carbocycles. The smallest absolute Gasteiger partial charge is 0.331 e. The normalized spacial score (nSPS) is 12.2. The summed E-state index contributed by atoms with van der Waals surface area (Å²) in [6.07, 6.45) is 3.92. The molecule has 4 rings (SSSR count). The van der Waals surface area contributed by atoms with E-state index in [4.69, 9.17) is 9.26 Å². The zero-order valence-electron chi connectivity index (χ0n) is 16.3. The molecule has 2 aromatic heterocycles. The topological polar surface area (TPSA) is 95.9 Å². The minimum Gasteiger partial charge on any atom is -0.449 e. The highest BCUT2D eigenvalue weighted by Crippen LogP contribution is 2.20. The molecule has 150 valence electrons. The molecule has 0 saturated heterocycles. The maximum Gasteiger partial charge on any atom is 0.331 e. The van der Waals surface area contributed by atoms with Crippen LogP contribution < -0.4 is 0 Å². The molecule has 0 N–H and O–H groups in total. The van der Waals surface area contributed by atoms with E-state index >= 15 is 0 Å². The third-order valence-electron chi connectivity index (χ3n) is 4.25. The van der Waals surface area contributed by atoms with Crippen molar-refractivity contribution in [3.05, 3.63) is 90.1 Å². The van der Waals surface area contributed by atoms with Crippen molar-refractivity contribution in [3.63, 3.8) is 0 Å². The molecule has 8 heteroatoms. The first-order chi connectivity index (χ1) is 14.7. The molecular weight excluding hydrogens is 382 g/mol. The van der Waals surface area contributed by atoms with E-state index in [2.05, 4.69) is 20.5 Å². The second-order valence-electron chi connectivity index (χ2n) is 6.56. The third-order valence-corrected chi connectivity index (χ3v) is 4.25. The standard InChI is InChI=1S/C22H19N5O3/c1-16(22-23-21(25-30-22)18-10-6-3-7-11-18)29-20(28)13-12-19-15-27(26-24-19)14-17-8-4-2-5-9-17/h2-13,15-16H,14H2,1H3/b13-12+/t16-/m0/s1. The van der Waals surface area contributed by atoms with Gasteiger partial charge < -0.3 is 9.26 Å². The maximum absolute atomic E-state index is 12.1. The SMILES string of the molecule is C[C@H](OC(=O)/C=C/c1cn(Cc2ccccc2)nn1)c1nc(-c2ccccc2)no1. The van der Waals surface area contributed by atoms with Crippen LogP contribution in [-0.2, 0) is 16.1 Å². The molecule has 0 unspecified atom stereocenters. The van der Waals surface area contributed by atoms with Gasteiger partial charge in [-0.2, -0.15) is 4.98 Å². The summed E-state index contributed by atoms with van der Waals surface area (Å²) in [4.78, 5) is 16.4. The molecule has 0 bridgehead atoms. The Kier molecular flexibility index (Phi) is 5.75. The number of hydrogen-bond acceptors (Lipinski definition) is 7. The van der Waals surface area contributed by atoms with Gasteiger partial charge in [0.15, 0.2) is 6.10 Å². The van der Waals surface area contributed by atoms with Crippen LogP contribution in [0.4, 0.5) is 0 Å². The van der Waals surface area contributed by atoms with Crippen molar-refractivity contribution in [2.75, 3.05) is 0 Å². The van der Waals surface area contributed by atoms with Crippen LogP contribution in [0.15, 0.2) is 77.5 Å². The summed E-state index contributed by atoms with van der Waals surface area (Å²) in [5.74, 6) is 0.128. The molecule has 0 aliphatic heterocycles. The van der Waals surface area contributed by atoms with E-state index < -0.39 is 12.1 Å². The van der Waals surface area contributed by atoms with Crippen LogP contribution >= 0.6 is 0 Å². The van der Waals surface area contributed by atoms with Crippen molar-refractivity contribution in [1.82, 2.24) is 25.1 Å². The van der Waals surface area contributed by atoms with E-state index in [1.54, 1.807) is 23.9 Å². The summed E-state index contributed by atoms with van der Waals surface area (Å²) < 4.78 is 12.3. The quantitative estimate of drug-likeness (QED) is 0.344. The summed E-state index contributed by atoms with van der Waals surface area (Å²) in [5.41, 5.74) is 2.49. The lowest BCUT2D eigenvalue weighted by Gasteiger charge is -2.06. The lowest BCUT2D eigenvalue weighted by atomic mass is 10.2. The summed E-state index contributed by atoms with van der Waals surface area (Å²) >= 11 is 0. The van der Waals surface area contributed by atoms with E-state index in [0.29, 0.717) is 18.1 Å². The first-order valence-electron chi connectivity index (χ1n) is 9.39. The van der Waals surface area contributed by atoms with Gasteiger partial charge >= 0.3 is 5.97 Å². The van der Waals surface area contributed by atoms with Crippen molar-refractivity contribution in [1.29, 1.82) is 0 Å². The number of benzene rings is 2. The van der Waals surface area contributed by atoms with E-state index in [-0.39, 0.29) is 5.89 Å². The fourth-order valence-electron chi connectivity index (χ4n) is 2.76. The van der Waals surface area contributed by atoms with Crippen LogP contribution in [0.3, 0.4) is 0 Å². The first-order valence-corrected chi connectivity index (χ1v) is 9.39. The van der Waals surface area contributed by atoms with Crippen molar-refractivity contribution >= 4 is 12.0 Å². The Balaban J connectivity index is 1.33. The van der Waals surface area contributed by atoms with Gasteiger partial charge in [0.05, 0.1) is 12.7 Å². The molecular formula is C22H19N5O3. The predicted molar refractivity (Wildman–Crippen MR) is 109 cm³/mol. The second-order valence-corrected chi connectivity index (χ2v) is 6.56. The molecule has 1 atom stereocenters. The van der Waals surface area contributed by atoms with Crippen molar-refractivity contribution in [2.45, 2.75) is 19.6 Å². The van der Waals surface area contributed by atoms with E-state index in [0.717, 1.165) is 11.1 Å². The Labute approximate surface area is 172 Å². The van der Waals surface area contributed by atoms with Crippen molar-refractivity contribution in [3.8, 4) is 11.4 Å². The third kappa shape index (κ3) is 4.85. The Morgan fingerprint density at radius 2 is 1.87 bits per heavy atom. The molecule has 0 spiro atoms. The summed E-state index contributed by atoms with van der Waals surface area (Å²) in [6, 6.07) is 19.3. The highest BCUT2D eigenvalue weighted by Gasteiger charge is 2.18. The fourth-order valence-corrected chi connectivity index (χ4v) is 2.76. The van der Waals surface area contributed by atoms with Crippen molar-refractivity contribution < 1.29 is 14.1 Å². The monoisotopic (exact) mass is 401 g/mol. The number of carbonyl (C=O) groups excluding carboxylic acids is 1. The van der Waals surface area contributed by atoms with E-state index in [1.165, 1.54) is 6.08 Å². The summed E-state index contributed by atoms with van der Waals surface area (Å²) in [6.45, 7) is 2.27. The van der Waals surface area contributed by atoms with Crippen LogP contribution in [0, 0.1) is 0 Å². The number of aromatic nitrogens is 5. The number of nitrogens with zero attached hydrogens (tertiary/aromatic N) is 5. The van der Waals surface area contributed by atoms with Gasteiger partial charge in [-0.3, -0.25) is 0 Å².